The van der Waals surface area contributed by atoms with E-state index in [-0.39, 0.29) is 11.9 Å². The molecular formula is C17H16FN3. The van der Waals surface area contributed by atoms with Gasteiger partial charge < -0.3 is 5.73 Å². The Morgan fingerprint density at radius 1 is 1.10 bits per heavy atom. The first-order valence-corrected chi connectivity index (χ1v) is 6.78. The number of hydrogen-bond acceptors (Lipinski definition) is 2. The lowest BCUT2D eigenvalue weighted by molar-refractivity contribution is 0.624. The molecule has 0 aliphatic carbocycles. The Morgan fingerprint density at radius 2 is 1.86 bits per heavy atom. The molecule has 0 radical (unpaired) electrons. The highest BCUT2D eigenvalue weighted by Gasteiger charge is 2.15. The van der Waals surface area contributed by atoms with Crippen molar-refractivity contribution in [1.29, 1.82) is 0 Å². The zero-order valence-electron chi connectivity index (χ0n) is 11.7. The van der Waals surface area contributed by atoms with Crippen molar-refractivity contribution in [3.8, 4) is 5.69 Å². The molecule has 3 aromatic rings. The van der Waals surface area contributed by atoms with E-state index in [0.717, 1.165) is 22.5 Å². The van der Waals surface area contributed by atoms with E-state index in [1.54, 1.807) is 10.7 Å². The molecule has 0 fully saturated rings. The van der Waals surface area contributed by atoms with Gasteiger partial charge in [0.1, 0.15) is 5.82 Å². The fourth-order valence-corrected chi connectivity index (χ4v) is 2.38. The van der Waals surface area contributed by atoms with Crippen LogP contribution in [-0.4, -0.2) is 9.78 Å². The van der Waals surface area contributed by atoms with Gasteiger partial charge in [0.05, 0.1) is 17.4 Å². The van der Waals surface area contributed by atoms with Gasteiger partial charge in [0.15, 0.2) is 0 Å². The molecule has 0 saturated carbocycles. The third kappa shape index (κ3) is 2.71. The van der Waals surface area contributed by atoms with E-state index in [9.17, 15) is 4.39 Å². The number of hydrogen-bond donors (Lipinski definition) is 1. The maximum absolute atomic E-state index is 13.2. The molecule has 1 heterocycles. The highest BCUT2D eigenvalue weighted by atomic mass is 19.1. The van der Waals surface area contributed by atoms with Crippen molar-refractivity contribution in [1.82, 2.24) is 9.78 Å². The molecule has 106 valence electrons. The van der Waals surface area contributed by atoms with Gasteiger partial charge in [0.25, 0.3) is 0 Å². The van der Waals surface area contributed by atoms with Crippen molar-refractivity contribution in [2.24, 2.45) is 5.73 Å². The van der Waals surface area contributed by atoms with Gasteiger partial charge in [-0.1, -0.05) is 24.3 Å². The van der Waals surface area contributed by atoms with Crippen molar-refractivity contribution >= 4 is 0 Å². The standard InChI is InChI=1S/C17H16FN3/c1-12-11-13(18)7-8-15(12)17(19)16-9-10-21(20-16)14-5-3-2-4-6-14/h2-11,17H,19H2,1H3. The average molecular weight is 281 g/mol. The van der Waals surface area contributed by atoms with Crippen LogP contribution >= 0.6 is 0 Å². The van der Waals surface area contributed by atoms with Gasteiger partial charge in [-0.05, 0) is 48.4 Å². The fourth-order valence-electron chi connectivity index (χ4n) is 2.38. The maximum atomic E-state index is 13.2. The molecule has 0 spiro atoms. The lowest BCUT2D eigenvalue weighted by Crippen LogP contribution is -2.14. The van der Waals surface area contributed by atoms with Crippen molar-refractivity contribution in [2.45, 2.75) is 13.0 Å². The van der Waals surface area contributed by atoms with Crippen molar-refractivity contribution in [3.05, 3.63) is 83.4 Å². The van der Waals surface area contributed by atoms with Crippen LogP contribution in [0.5, 0.6) is 0 Å². The van der Waals surface area contributed by atoms with Gasteiger partial charge in [-0.25, -0.2) is 9.07 Å². The van der Waals surface area contributed by atoms with Crippen molar-refractivity contribution < 1.29 is 4.39 Å². The van der Waals surface area contributed by atoms with Gasteiger partial charge in [0, 0.05) is 6.20 Å². The topological polar surface area (TPSA) is 43.8 Å². The molecule has 2 N–H and O–H groups in total. The number of halogens is 1. The maximum Gasteiger partial charge on any atom is 0.123 e. The van der Waals surface area contributed by atoms with Crippen molar-refractivity contribution in [3.63, 3.8) is 0 Å². The molecule has 3 rings (SSSR count). The number of nitrogens with two attached hydrogens (primary N) is 1. The van der Waals surface area contributed by atoms with E-state index < -0.39 is 0 Å². The molecule has 1 aromatic heterocycles. The monoisotopic (exact) mass is 281 g/mol. The highest BCUT2D eigenvalue weighted by Crippen LogP contribution is 2.22. The van der Waals surface area contributed by atoms with Crippen LogP contribution in [-0.2, 0) is 0 Å². The van der Waals surface area contributed by atoms with E-state index >= 15 is 0 Å². The molecule has 0 saturated heterocycles. The summed E-state index contributed by atoms with van der Waals surface area (Å²) in [4.78, 5) is 0. The normalized spacial score (nSPS) is 12.3. The second kappa shape index (κ2) is 5.50. The molecular weight excluding hydrogens is 265 g/mol. The Hall–Kier alpha value is -2.46. The van der Waals surface area contributed by atoms with Gasteiger partial charge >= 0.3 is 0 Å². The van der Waals surface area contributed by atoms with Crippen LogP contribution in [0.1, 0.15) is 22.9 Å². The Bertz CT molecular complexity index is 750. The fraction of sp³-hybridized carbons (Fsp3) is 0.118. The molecule has 1 unspecified atom stereocenters. The third-order valence-corrected chi connectivity index (χ3v) is 3.52. The number of benzene rings is 2. The van der Waals surface area contributed by atoms with Crippen LogP contribution in [0.15, 0.2) is 60.8 Å². The molecule has 3 nitrogen and oxygen atoms in total. The lowest BCUT2D eigenvalue weighted by atomic mass is 10.00. The van der Waals surface area contributed by atoms with Crippen LogP contribution in [0.25, 0.3) is 5.69 Å². The van der Waals surface area contributed by atoms with Crippen molar-refractivity contribution in [2.75, 3.05) is 0 Å². The number of aromatic nitrogens is 2. The summed E-state index contributed by atoms with van der Waals surface area (Å²) in [5.41, 5.74) is 9.71. The molecule has 0 aliphatic rings. The van der Waals surface area contributed by atoms with Crippen LogP contribution in [0, 0.1) is 12.7 Å². The van der Waals surface area contributed by atoms with E-state index in [1.807, 2.05) is 49.5 Å². The number of aryl methyl sites for hydroxylation is 1. The number of para-hydroxylation sites is 1. The molecule has 0 bridgehead atoms. The van der Waals surface area contributed by atoms with E-state index in [0.29, 0.717) is 0 Å². The summed E-state index contributed by atoms with van der Waals surface area (Å²) in [7, 11) is 0. The predicted molar refractivity (Wildman–Crippen MR) is 80.7 cm³/mol. The van der Waals surface area contributed by atoms with Gasteiger partial charge in [-0.3, -0.25) is 0 Å². The zero-order chi connectivity index (χ0) is 14.8. The lowest BCUT2D eigenvalue weighted by Gasteiger charge is -2.12. The second-order valence-electron chi connectivity index (χ2n) is 5.00. The SMILES string of the molecule is Cc1cc(F)ccc1C(N)c1ccn(-c2ccccc2)n1. The Labute approximate surface area is 122 Å². The largest absolute Gasteiger partial charge is 0.319 e. The molecule has 2 aromatic carbocycles. The summed E-state index contributed by atoms with van der Waals surface area (Å²) < 4.78 is 15.0. The van der Waals surface area contributed by atoms with Gasteiger partial charge in [-0.2, -0.15) is 5.10 Å². The average Bonchev–Trinajstić information content (AvgIpc) is 2.97. The molecule has 4 heteroatoms. The van der Waals surface area contributed by atoms with E-state index in [4.69, 9.17) is 5.73 Å². The smallest absolute Gasteiger partial charge is 0.123 e. The second-order valence-corrected chi connectivity index (χ2v) is 5.00. The summed E-state index contributed by atoms with van der Waals surface area (Å²) in [6.45, 7) is 1.85. The van der Waals surface area contributed by atoms with E-state index in [1.165, 1.54) is 12.1 Å². The molecule has 1 atom stereocenters. The minimum atomic E-state index is -0.365. The summed E-state index contributed by atoms with van der Waals surface area (Å²) >= 11 is 0. The summed E-state index contributed by atoms with van der Waals surface area (Å²) in [5.74, 6) is -0.252. The third-order valence-electron chi connectivity index (χ3n) is 3.52. The van der Waals surface area contributed by atoms with Gasteiger partial charge in [0.2, 0.25) is 0 Å². The Balaban J connectivity index is 1.92. The Kier molecular flexibility index (Phi) is 3.54. The quantitative estimate of drug-likeness (QED) is 0.800. The summed E-state index contributed by atoms with van der Waals surface area (Å²) in [6.07, 6.45) is 1.88. The first-order valence-electron chi connectivity index (χ1n) is 6.78. The first-order chi connectivity index (χ1) is 10.1. The summed E-state index contributed by atoms with van der Waals surface area (Å²) in [5, 5.41) is 4.52. The predicted octanol–water partition coefficient (Wildman–Crippen LogP) is 3.37. The van der Waals surface area contributed by atoms with Crippen LogP contribution in [0.2, 0.25) is 0 Å². The Morgan fingerprint density at radius 3 is 2.57 bits per heavy atom. The minimum absolute atomic E-state index is 0.252. The first kappa shape index (κ1) is 13.5. The zero-order valence-corrected chi connectivity index (χ0v) is 11.7. The molecule has 21 heavy (non-hydrogen) atoms. The van der Waals surface area contributed by atoms with Crippen LogP contribution in [0.3, 0.4) is 0 Å². The van der Waals surface area contributed by atoms with Crippen LogP contribution < -0.4 is 5.73 Å². The minimum Gasteiger partial charge on any atom is -0.319 e. The summed E-state index contributed by atoms with van der Waals surface area (Å²) in [6, 6.07) is 16.0. The highest BCUT2D eigenvalue weighted by molar-refractivity contribution is 5.36. The van der Waals surface area contributed by atoms with E-state index in [2.05, 4.69) is 5.10 Å². The van der Waals surface area contributed by atoms with Gasteiger partial charge in [-0.15, -0.1) is 0 Å². The number of rotatable bonds is 3. The molecule has 0 amide bonds. The van der Waals surface area contributed by atoms with Crippen LogP contribution in [0.4, 0.5) is 4.39 Å². The number of nitrogens with zero attached hydrogens (tertiary/aromatic N) is 2. The molecule has 0 aliphatic heterocycles.